The van der Waals surface area contributed by atoms with E-state index in [9.17, 15) is 22.8 Å². The number of halogens is 8. The van der Waals surface area contributed by atoms with Gasteiger partial charge in [0.1, 0.15) is 16.5 Å². The minimum Gasteiger partial charge on any atom is -0.462 e. The third-order valence-corrected chi connectivity index (χ3v) is 6.97. The van der Waals surface area contributed by atoms with Crippen molar-refractivity contribution in [3.05, 3.63) is 60.3 Å². The maximum Gasteiger partial charge on any atom is 0.412 e. The van der Waals surface area contributed by atoms with Gasteiger partial charge in [0.05, 0.1) is 32.3 Å². The van der Waals surface area contributed by atoms with E-state index >= 15 is 0 Å². The van der Waals surface area contributed by atoms with Crippen LogP contribution in [-0.4, -0.2) is 34.2 Å². The summed E-state index contributed by atoms with van der Waals surface area (Å²) in [6.07, 6.45) is -4.97. The van der Waals surface area contributed by atoms with Crippen molar-refractivity contribution < 1.29 is 27.5 Å². The first-order chi connectivity index (χ1) is 16.3. The molecule has 1 unspecified atom stereocenters. The van der Waals surface area contributed by atoms with E-state index in [2.05, 4.69) is 4.98 Å². The average Bonchev–Trinajstić information content (AvgIpc) is 3.14. The molecule has 0 fully saturated rings. The fourth-order valence-corrected chi connectivity index (χ4v) is 4.50. The molecule has 1 amide bonds. The van der Waals surface area contributed by atoms with Gasteiger partial charge in [0.15, 0.2) is 6.04 Å². The number of aryl methyl sites for hydroxylation is 1. The highest BCUT2D eigenvalue weighted by molar-refractivity contribution is 6.52. The first-order valence-corrected chi connectivity index (χ1v) is 11.8. The molecule has 188 valence electrons. The van der Waals surface area contributed by atoms with Gasteiger partial charge in [-0.2, -0.15) is 13.2 Å². The van der Waals surface area contributed by atoms with Crippen LogP contribution in [0.3, 0.4) is 0 Å². The number of benzene rings is 1. The number of aromatic nitrogens is 2. The Morgan fingerprint density at radius 3 is 2.29 bits per heavy atom. The van der Waals surface area contributed by atoms with Crippen molar-refractivity contribution in [1.82, 2.24) is 14.9 Å². The van der Waals surface area contributed by atoms with Crippen LogP contribution in [0.5, 0.6) is 0 Å². The van der Waals surface area contributed by atoms with Crippen LogP contribution >= 0.6 is 58.0 Å². The summed E-state index contributed by atoms with van der Waals surface area (Å²) in [4.78, 5) is 29.3. The van der Waals surface area contributed by atoms with Crippen LogP contribution in [0.4, 0.5) is 13.2 Å². The van der Waals surface area contributed by atoms with Crippen LogP contribution in [0.15, 0.2) is 18.2 Å². The molecule has 0 aliphatic carbocycles. The summed E-state index contributed by atoms with van der Waals surface area (Å²) in [5.74, 6) is -1.83. The number of carbonyl (C=O) groups excluding carboxylic acids is 2. The molecule has 1 aromatic carbocycles. The van der Waals surface area contributed by atoms with E-state index in [0.29, 0.717) is 5.39 Å². The number of nitrogens with one attached hydrogen (secondary N) is 1. The van der Waals surface area contributed by atoms with E-state index in [-0.39, 0.29) is 50.3 Å². The lowest BCUT2D eigenvalue weighted by Gasteiger charge is -2.24. The molecule has 0 saturated heterocycles. The average molecular weight is 592 g/mol. The van der Waals surface area contributed by atoms with E-state index in [4.69, 9.17) is 62.7 Å². The molecule has 2 heterocycles. The van der Waals surface area contributed by atoms with Crippen molar-refractivity contribution in [3.63, 3.8) is 0 Å². The molecule has 3 rings (SSSR count). The second-order valence-corrected chi connectivity index (χ2v) is 8.97. The second kappa shape index (κ2) is 10.6. The number of amides is 1. The van der Waals surface area contributed by atoms with Crippen molar-refractivity contribution in [2.24, 2.45) is 0 Å². The summed E-state index contributed by atoms with van der Waals surface area (Å²) in [5.41, 5.74) is -0.609. The Kier molecular flexibility index (Phi) is 8.38. The minimum absolute atomic E-state index is 0.0494. The Balaban J connectivity index is 2.09. The number of esters is 1. The van der Waals surface area contributed by atoms with Crippen LogP contribution in [0, 0.1) is 0 Å². The number of rotatable bonds is 6. The standard InChI is InChI=1S/C21H15Cl5F3N3O3/c1-3-32-12(6-8-5-10(20(34)35-4-2)17(26)31-18(8)32)19(33)30-16(21(27,28)29)9-7-11(22)14(24)15(25)13(9)23/h5-7,16H,3-4H2,1-2H3,(H,30,33). The lowest BCUT2D eigenvalue weighted by molar-refractivity contribution is -0.155. The number of hydrogen-bond acceptors (Lipinski definition) is 4. The summed E-state index contributed by atoms with van der Waals surface area (Å²) >= 11 is 29.8. The Bertz CT molecular complexity index is 1330. The Hall–Kier alpha value is -1.91. The van der Waals surface area contributed by atoms with Gasteiger partial charge in [-0.3, -0.25) is 4.79 Å². The van der Waals surface area contributed by atoms with E-state index < -0.39 is 34.7 Å². The normalized spacial score (nSPS) is 12.6. The maximum atomic E-state index is 14.0. The molecule has 0 radical (unpaired) electrons. The highest BCUT2D eigenvalue weighted by Crippen LogP contribution is 2.44. The molecule has 14 heteroatoms. The zero-order chi connectivity index (χ0) is 26.2. The molecule has 1 N–H and O–H groups in total. The van der Waals surface area contributed by atoms with Crippen molar-refractivity contribution in [2.45, 2.75) is 32.6 Å². The number of alkyl halides is 3. The van der Waals surface area contributed by atoms with Gasteiger partial charge in [-0.05, 0) is 32.0 Å². The highest BCUT2D eigenvalue weighted by atomic mass is 35.5. The topological polar surface area (TPSA) is 73.2 Å². The predicted molar refractivity (Wildman–Crippen MR) is 129 cm³/mol. The van der Waals surface area contributed by atoms with E-state index in [0.717, 1.165) is 6.07 Å². The van der Waals surface area contributed by atoms with Crippen LogP contribution in [-0.2, 0) is 11.3 Å². The van der Waals surface area contributed by atoms with Gasteiger partial charge in [0.2, 0.25) is 0 Å². The highest BCUT2D eigenvalue weighted by Gasteiger charge is 2.44. The fourth-order valence-electron chi connectivity index (χ4n) is 3.36. The molecule has 35 heavy (non-hydrogen) atoms. The molecule has 3 aromatic rings. The Morgan fingerprint density at radius 2 is 1.71 bits per heavy atom. The number of hydrogen-bond donors (Lipinski definition) is 1. The molecular weight excluding hydrogens is 577 g/mol. The van der Waals surface area contributed by atoms with Crippen molar-refractivity contribution in [2.75, 3.05) is 6.61 Å². The zero-order valence-corrected chi connectivity index (χ0v) is 21.6. The summed E-state index contributed by atoms with van der Waals surface area (Å²) in [6, 6.07) is 0.961. The maximum absolute atomic E-state index is 14.0. The molecule has 6 nitrogen and oxygen atoms in total. The monoisotopic (exact) mass is 589 g/mol. The minimum atomic E-state index is -4.97. The van der Waals surface area contributed by atoms with E-state index in [1.54, 1.807) is 13.8 Å². The van der Waals surface area contributed by atoms with Crippen LogP contribution in [0.2, 0.25) is 25.2 Å². The van der Waals surface area contributed by atoms with Crippen LogP contribution in [0.1, 0.15) is 46.3 Å². The number of fused-ring (bicyclic) bond motifs is 1. The lowest BCUT2D eigenvalue weighted by Crippen LogP contribution is -2.39. The quantitative estimate of drug-likeness (QED) is 0.139. The lowest BCUT2D eigenvalue weighted by atomic mass is 10.1. The summed E-state index contributed by atoms with van der Waals surface area (Å²) in [7, 11) is 0. The molecular formula is C21H15Cl5F3N3O3. The molecule has 0 bridgehead atoms. The predicted octanol–water partition coefficient (Wildman–Crippen LogP) is 7.53. The Morgan fingerprint density at radius 1 is 1.06 bits per heavy atom. The van der Waals surface area contributed by atoms with Gasteiger partial charge < -0.3 is 14.6 Å². The number of carbonyl (C=O) groups is 2. The first kappa shape index (κ1) is 27.7. The molecule has 0 saturated carbocycles. The smallest absolute Gasteiger partial charge is 0.412 e. The number of nitrogens with zero attached hydrogens (tertiary/aromatic N) is 2. The third kappa shape index (κ3) is 5.44. The molecule has 0 spiro atoms. The number of pyridine rings is 1. The van der Waals surface area contributed by atoms with E-state index in [1.165, 1.54) is 16.7 Å². The van der Waals surface area contributed by atoms with Gasteiger partial charge in [0, 0.05) is 17.5 Å². The van der Waals surface area contributed by atoms with Crippen molar-refractivity contribution in [1.29, 1.82) is 0 Å². The van der Waals surface area contributed by atoms with Gasteiger partial charge in [-0.1, -0.05) is 58.0 Å². The van der Waals surface area contributed by atoms with Gasteiger partial charge in [0.25, 0.3) is 5.91 Å². The molecule has 1 atom stereocenters. The first-order valence-electron chi connectivity index (χ1n) is 9.89. The van der Waals surface area contributed by atoms with Gasteiger partial charge in [-0.15, -0.1) is 0 Å². The summed E-state index contributed by atoms with van der Waals surface area (Å²) in [6.45, 7) is 3.52. The third-order valence-electron chi connectivity index (χ3n) is 4.91. The largest absolute Gasteiger partial charge is 0.462 e. The summed E-state index contributed by atoms with van der Waals surface area (Å²) in [5, 5.41) is 0.664. The van der Waals surface area contributed by atoms with Crippen LogP contribution < -0.4 is 5.32 Å². The number of ether oxygens (including phenoxy) is 1. The molecule has 0 aliphatic heterocycles. The molecule has 2 aromatic heterocycles. The second-order valence-electron chi connectivity index (χ2n) is 7.07. The zero-order valence-electron chi connectivity index (χ0n) is 17.9. The van der Waals surface area contributed by atoms with Gasteiger partial charge >= 0.3 is 12.1 Å². The Labute approximate surface area is 222 Å². The van der Waals surface area contributed by atoms with Crippen molar-refractivity contribution >= 4 is 80.9 Å². The fraction of sp³-hybridized carbons (Fsp3) is 0.286. The summed E-state index contributed by atoms with van der Waals surface area (Å²) < 4.78 is 48.3. The van der Waals surface area contributed by atoms with Crippen molar-refractivity contribution in [3.8, 4) is 0 Å². The molecule has 0 aliphatic rings. The van der Waals surface area contributed by atoms with Crippen LogP contribution in [0.25, 0.3) is 11.0 Å². The van der Waals surface area contributed by atoms with Gasteiger partial charge in [-0.25, -0.2) is 9.78 Å². The SMILES string of the molecule is CCOC(=O)c1cc2cc(C(=O)NC(c3cc(Cl)c(Cl)c(Cl)c3Cl)C(F)(F)F)n(CC)c2nc1Cl. The van der Waals surface area contributed by atoms with E-state index in [1.807, 2.05) is 5.32 Å².